The van der Waals surface area contributed by atoms with Crippen molar-refractivity contribution in [2.24, 2.45) is 5.92 Å². The molecule has 1 saturated heterocycles. The third-order valence-corrected chi connectivity index (χ3v) is 5.80. The third kappa shape index (κ3) is 5.76. The Morgan fingerprint density at radius 3 is 2.54 bits per heavy atom. The average molecular weight is 354 g/mol. The van der Waals surface area contributed by atoms with E-state index in [4.69, 9.17) is 4.74 Å². The van der Waals surface area contributed by atoms with Crippen LogP contribution in [0.15, 0.2) is 12.1 Å². The predicted molar refractivity (Wildman–Crippen MR) is 99.5 cm³/mol. The number of carbonyl (C=O) groups excluding carboxylic acids is 1. The summed E-state index contributed by atoms with van der Waals surface area (Å²) in [5, 5.41) is 6.04. The maximum Gasteiger partial charge on any atom is 0.315 e. The monoisotopic (exact) mass is 353 g/mol. The summed E-state index contributed by atoms with van der Waals surface area (Å²) in [5.74, 6) is 0.600. The second-order valence-corrected chi connectivity index (χ2v) is 7.74. The van der Waals surface area contributed by atoms with E-state index in [1.165, 1.54) is 9.75 Å². The van der Waals surface area contributed by atoms with Crippen molar-refractivity contribution in [3.05, 3.63) is 21.9 Å². The van der Waals surface area contributed by atoms with E-state index in [1.807, 2.05) is 0 Å². The molecule has 5 nitrogen and oxygen atoms in total. The molecule has 1 aromatic rings. The number of aryl methyl sites for hydroxylation is 1. The Bertz CT molecular complexity index is 496. The summed E-state index contributed by atoms with van der Waals surface area (Å²) in [6, 6.07) is 4.46. The fraction of sp³-hybridized carbons (Fsp3) is 0.722. The minimum absolute atomic E-state index is 0.0785. The van der Waals surface area contributed by atoms with E-state index in [0.29, 0.717) is 25.0 Å². The Morgan fingerprint density at radius 1 is 1.25 bits per heavy atom. The molecule has 0 aliphatic carbocycles. The van der Waals surface area contributed by atoms with E-state index in [2.05, 4.69) is 48.4 Å². The van der Waals surface area contributed by atoms with Gasteiger partial charge in [0.1, 0.15) is 0 Å². The first-order chi connectivity index (χ1) is 11.6. The number of nitrogens with one attached hydrogen (secondary N) is 2. The number of morpholine rings is 1. The van der Waals surface area contributed by atoms with Crippen LogP contribution in [0.3, 0.4) is 0 Å². The van der Waals surface area contributed by atoms with E-state index in [9.17, 15) is 4.79 Å². The number of thiophene rings is 1. The highest BCUT2D eigenvalue weighted by Crippen LogP contribution is 2.19. The lowest BCUT2D eigenvalue weighted by Gasteiger charge is -2.38. The summed E-state index contributed by atoms with van der Waals surface area (Å²) >= 11 is 1.72. The van der Waals surface area contributed by atoms with Gasteiger partial charge in [-0.25, -0.2) is 4.79 Å². The molecule has 24 heavy (non-hydrogen) atoms. The van der Waals surface area contributed by atoms with Crippen molar-refractivity contribution in [2.45, 2.75) is 46.2 Å². The van der Waals surface area contributed by atoms with E-state index in [1.54, 1.807) is 11.3 Å². The first-order valence-electron chi connectivity index (χ1n) is 9.02. The molecule has 2 N–H and O–H groups in total. The van der Waals surface area contributed by atoms with E-state index in [0.717, 1.165) is 39.1 Å². The van der Waals surface area contributed by atoms with Gasteiger partial charge >= 0.3 is 6.03 Å². The highest BCUT2D eigenvalue weighted by molar-refractivity contribution is 7.11. The summed E-state index contributed by atoms with van der Waals surface area (Å²) in [4.78, 5) is 17.1. The lowest BCUT2D eigenvalue weighted by molar-refractivity contribution is 0.00238. The Balaban J connectivity index is 1.82. The molecule has 136 valence electrons. The number of amides is 2. The minimum atomic E-state index is -0.0785. The molecular formula is C18H31N3O2S. The molecule has 2 amide bonds. The van der Waals surface area contributed by atoms with Crippen LogP contribution in [-0.2, 0) is 11.3 Å². The maximum absolute atomic E-state index is 12.1. The lowest BCUT2D eigenvalue weighted by Crippen LogP contribution is -2.53. The van der Waals surface area contributed by atoms with Crippen LogP contribution in [0.1, 0.15) is 36.4 Å². The molecule has 1 unspecified atom stereocenters. The first-order valence-corrected chi connectivity index (χ1v) is 9.84. The zero-order valence-corrected chi connectivity index (χ0v) is 16.0. The van der Waals surface area contributed by atoms with Crippen LogP contribution >= 0.6 is 11.3 Å². The topological polar surface area (TPSA) is 53.6 Å². The van der Waals surface area contributed by atoms with Gasteiger partial charge in [0, 0.05) is 35.4 Å². The Labute approximate surface area is 149 Å². The Morgan fingerprint density at radius 2 is 1.96 bits per heavy atom. The van der Waals surface area contributed by atoms with Crippen LogP contribution in [0.5, 0.6) is 0 Å². The molecule has 1 atom stereocenters. The second kappa shape index (κ2) is 10.0. The SMILES string of the molecule is CCC(CC)C(CNC(=O)NCc1ccc(C)s1)N1CCOCC1. The lowest BCUT2D eigenvalue weighted by atomic mass is 9.92. The molecule has 1 aliphatic rings. The molecular weight excluding hydrogens is 322 g/mol. The number of rotatable bonds is 8. The van der Waals surface area contributed by atoms with Gasteiger partial charge in [0.25, 0.3) is 0 Å². The standard InChI is InChI=1S/C18H31N3O2S/c1-4-15(5-2)17(21-8-10-23-11-9-21)13-20-18(22)19-12-16-7-6-14(3)24-16/h6-7,15,17H,4-5,8-13H2,1-3H3,(H2,19,20,22). The van der Waals surface area contributed by atoms with Crippen LogP contribution in [0.2, 0.25) is 0 Å². The van der Waals surface area contributed by atoms with Gasteiger partial charge in [-0.15, -0.1) is 11.3 Å². The number of hydrogen-bond donors (Lipinski definition) is 2. The van der Waals surface area contributed by atoms with Crippen LogP contribution in [0.25, 0.3) is 0 Å². The molecule has 0 saturated carbocycles. The highest BCUT2D eigenvalue weighted by atomic mass is 32.1. The van der Waals surface area contributed by atoms with E-state index >= 15 is 0 Å². The largest absolute Gasteiger partial charge is 0.379 e. The Kier molecular flexibility index (Phi) is 8.02. The van der Waals surface area contributed by atoms with Crippen LogP contribution in [0.4, 0.5) is 4.79 Å². The van der Waals surface area contributed by atoms with E-state index < -0.39 is 0 Å². The number of ether oxygens (including phenoxy) is 1. The third-order valence-electron chi connectivity index (χ3n) is 4.80. The smallest absolute Gasteiger partial charge is 0.315 e. The van der Waals surface area contributed by atoms with Crippen molar-refractivity contribution in [3.8, 4) is 0 Å². The second-order valence-electron chi connectivity index (χ2n) is 6.37. The number of carbonyl (C=O) groups is 1. The fourth-order valence-electron chi connectivity index (χ4n) is 3.34. The van der Waals surface area contributed by atoms with Crippen molar-refractivity contribution in [1.82, 2.24) is 15.5 Å². The molecule has 2 heterocycles. The van der Waals surface area contributed by atoms with Gasteiger partial charge in [0.05, 0.1) is 19.8 Å². The summed E-state index contributed by atoms with van der Waals surface area (Å²) in [5.41, 5.74) is 0. The van der Waals surface area contributed by atoms with E-state index in [-0.39, 0.29) is 6.03 Å². The number of urea groups is 1. The maximum atomic E-state index is 12.1. The van der Waals surface area contributed by atoms with Crippen molar-refractivity contribution in [3.63, 3.8) is 0 Å². The van der Waals surface area contributed by atoms with Gasteiger partial charge in [-0.3, -0.25) is 4.90 Å². The fourth-order valence-corrected chi connectivity index (χ4v) is 4.17. The molecule has 0 bridgehead atoms. The number of hydrogen-bond acceptors (Lipinski definition) is 4. The molecule has 1 aromatic heterocycles. The minimum Gasteiger partial charge on any atom is -0.379 e. The Hall–Kier alpha value is -1.11. The normalized spacial score (nSPS) is 17.0. The van der Waals surface area contributed by atoms with Crippen LogP contribution in [-0.4, -0.2) is 49.8 Å². The van der Waals surface area contributed by atoms with Gasteiger partial charge in [0.15, 0.2) is 0 Å². The van der Waals surface area contributed by atoms with Gasteiger partial charge in [0.2, 0.25) is 0 Å². The van der Waals surface area contributed by atoms with Gasteiger partial charge in [-0.2, -0.15) is 0 Å². The molecule has 1 aliphatic heterocycles. The zero-order valence-electron chi connectivity index (χ0n) is 15.1. The summed E-state index contributed by atoms with van der Waals surface area (Å²) < 4.78 is 5.47. The number of nitrogens with zero attached hydrogens (tertiary/aromatic N) is 1. The van der Waals surface area contributed by atoms with Crippen molar-refractivity contribution >= 4 is 17.4 Å². The summed E-state index contributed by atoms with van der Waals surface area (Å²) in [6.07, 6.45) is 2.27. The zero-order chi connectivity index (χ0) is 17.4. The molecule has 0 radical (unpaired) electrons. The molecule has 0 spiro atoms. The van der Waals surface area contributed by atoms with Crippen molar-refractivity contribution < 1.29 is 9.53 Å². The quantitative estimate of drug-likeness (QED) is 0.755. The van der Waals surface area contributed by atoms with Crippen molar-refractivity contribution in [1.29, 1.82) is 0 Å². The van der Waals surface area contributed by atoms with Crippen LogP contribution in [0, 0.1) is 12.8 Å². The molecule has 2 rings (SSSR count). The average Bonchev–Trinajstić information content (AvgIpc) is 3.03. The van der Waals surface area contributed by atoms with Gasteiger partial charge < -0.3 is 15.4 Å². The molecule has 1 fully saturated rings. The van der Waals surface area contributed by atoms with Crippen molar-refractivity contribution in [2.75, 3.05) is 32.8 Å². The van der Waals surface area contributed by atoms with Gasteiger partial charge in [-0.05, 0) is 25.0 Å². The predicted octanol–water partition coefficient (Wildman–Crippen LogP) is 2.99. The van der Waals surface area contributed by atoms with Gasteiger partial charge in [-0.1, -0.05) is 26.7 Å². The first kappa shape index (κ1) is 19.2. The highest BCUT2D eigenvalue weighted by Gasteiger charge is 2.27. The molecule has 6 heteroatoms. The van der Waals surface area contributed by atoms with Crippen LogP contribution < -0.4 is 10.6 Å². The summed E-state index contributed by atoms with van der Waals surface area (Å²) in [7, 11) is 0. The molecule has 0 aromatic carbocycles. The summed E-state index contributed by atoms with van der Waals surface area (Å²) in [6.45, 7) is 11.3.